The molecule has 3 heteroatoms. The number of nitrogens with one attached hydrogen (secondary N) is 1. The molecule has 0 aromatic heterocycles. The summed E-state index contributed by atoms with van der Waals surface area (Å²) < 4.78 is 5.39. The Kier molecular flexibility index (Phi) is 4.85. The highest BCUT2D eigenvalue weighted by Crippen LogP contribution is 2.12. The van der Waals surface area contributed by atoms with E-state index in [4.69, 9.17) is 4.74 Å². The SMILES string of the molecule is CNC(CN(C)C1CCOC1)C(C)C. The van der Waals surface area contributed by atoms with Gasteiger partial charge in [-0.3, -0.25) is 4.90 Å². The van der Waals surface area contributed by atoms with Crippen molar-refractivity contribution in [2.45, 2.75) is 32.4 Å². The molecule has 0 aromatic rings. The second kappa shape index (κ2) is 5.69. The van der Waals surface area contributed by atoms with Crippen molar-refractivity contribution in [3.05, 3.63) is 0 Å². The van der Waals surface area contributed by atoms with E-state index in [1.807, 2.05) is 7.05 Å². The van der Waals surface area contributed by atoms with Crippen molar-refractivity contribution in [1.29, 1.82) is 0 Å². The normalized spacial score (nSPS) is 24.9. The van der Waals surface area contributed by atoms with E-state index in [0.29, 0.717) is 18.0 Å². The maximum absolute atomic E-state index is 5.39. The van der Waals surface area contributed by atoms with Crippen molar-refractivity contribution >= 4 is 0 Å². The van der Waals surface area contributed by atoms with Crippen LogP contribution in [0.5, 0.6) is 0 Å². The summed E-state index contributed by atoms with van der Waals surface area (Å²) in [5, 5.41) is 3.37. The second-order valence-electron chi connectivity index (χ2n) is 4.60. The molecule has 1 heterocycles. The molecule has 0 saturated carbocycles. The summed E-state index contributed by atoms with van der Waals surface area (Å²) >= 11 is 0. The van der Waals surface area contributed by atoms with Gasteiger partial charge in [0, 0.05) is 25.2 Å². The van der Waals surface area contributed by atoms with Gasteiger partial charge >= 0.3 is 0 Å². The summed E-state index contributed by atoms with van der Waals surface area (Å²) in [5.41, 5.74) is 0. The Bertz CT molecular complexity index is 155. The first-order valence-electron chi connectivity index (χ1n) is 5.60. The van der Waals surface area contributed by atoms with Crippen LogP contribution in [0.1, 0.15) is 20.3 Å². The lowest BCUT2D eigenvalue weighted by Crippen LogP contribution is -2.45. The van der Waals surface area contributed by atoms with Gasteiger partial charge in [0.1, 0.15) is 0 Å². The number of hydrogen-bond donors (Lipinski definition) is 1. The van der Waals surface area contributed by atoms with E-state index in [0.717, 1.165) is 19.8 Å². The molecule has 0 spiro atoms. The van der Waals surface area contributed by atoms with Gasteiger partial charge in [-0.25, -0.2) is 0 Å². The molecule has 1 aliphatic heterocycles. The van der Waals surface area contributed by atoms with Crippen LogP contribution in [0, 0.1) is 5.92 Å². The Morgan fingerprint density at radius 2 is 2.21 bits per heavy atom. The Labute approximate surface area is 87.8 Å². The largest absolute Gasteiger partial charge is 0.380 e. The molecule has 0 aliphatic carbocycles. The zero-order valence-electron chi connectivity index (χ0n) is 9.92. The minimum atomic E-state index is 0.584. The van der Waals surface area contributed by atoms with Crippen molar-refractivity contribution < 1.29 is 4.74 Å². The summed E-state index contributed by atoms with van der Waals surface area (Å²) in [6.07, 6.45) is 1.19. The maximum Gasteiger partial charge on any atom is 0.0622 e. The highest BCUT2D eigenvalue weighted by atomic mass is 16.5. The first-order chi connectivity index (χ1) is 6.65. The van der Waals surface area contributed by atoms with Crippen LogP contribution in [0.3, 0.4) is 0 Å². The molecule has 0 bridgehead atoms. The zero-order chi connectivity index (χ0) is 10.6. The molecule has 0 aromatic carbocycles. The number of rotatable bonds is 5. The van der Waals surface area contributed by atoms with E-state index in [2.05, 4.69) is 31.1 Å². The summed E-state index contributed by atoms with van der Waals surface area (Å²) in [6.45, 7) is 7.48. The summed E-state index contributed by atoms with van der Waals surface area (Å²) in [4.78, 5) is 2.42. The lowest BCUT2D eigenvalue weighted by Gasteiger charge is -2.29. The van der Waals surface area contributed by atoms with Crippen LogP contribution >= 0.6 is 0 Å². The summed E-state index contributed by atoms with van der Waals surface area (Å²) in [5.74, 6) is 0.685. The monoisotopic (exact) mass is 200 g/mol. The zero-order valence-corrected chi connectivity index (χ0v) is 9.92. The molecule has 84 valence electrons. The van der Waals surface area contributed by atoms with E-state index in [1.165, 1.54) is 6.42 Å². The third-order valence-electron chi connectivity index (χ3n) is 3.19. The number of hydrogen-bond acceptors (Lipinski definition) is 3. The van der Waals surface area contributed by atoms with Crippen molar-refractivity contribution in [2.75, 3.05) is 33.9 Å². The molecule has 1 N–H and O–H groups in total. The molecule has 1 rings (SSSR count). The van der Waals surface area contributed by atoms with E-state index < -0.39 is 0 Å². The van der Waals surface area contributed by atoms with Gasteiger partial charge < -0.3 is 10.1 Å². The van der Waals surface area contributed by atoms with Crippen LogP contribution in [-0.4, -0.2) is 50.8 Å². The smallest absolute Gasteiger partial charge is 0.0622 e. The lowest BCUT2D eigenvalue weighted by molar-refractivity contribution is 0.148. The maximum atomic E-state index is 5.39. The van der Waals surface area contributed by atoms with Gasteiger partial charge in [0.05, 0.1) is 6.61 Å². The van der Waals surface area contributed by atoms with Crippen LogP contribution in [0.4, 0.5) is 0 Å². The summed E-state index contributed by atoms with van der Waals surface area (Å²) in [6, 6.07) is 1.21. The van der Waals surface area contributed by atoms with Gasteiger partial charge in [-0.1, -0.05) is 13.8 Å². The average molecular weight is 200 g/mol. The molecular weight excluding hydrogens is 176 g/mol. The number of ether oxygens (including phenoxy) is 1. The van der Waals surface area contributed by atoms with Crippen LogP contribution in [0.25, 0.3) is 0 Å². The molecule has 2 atom stereocenters. The van der Waals surface area contributed by atoms with E-state index in [1.54, 1.807) is 0 Å². The molecule has 2 unspecified atom stereocenters. The van der Waals surface area contributed by atoms with Gasteiger partial charge in [-0.2, -0.15) is 0 Å². The van der Waals surface area contributed by atoms with Gasteiger partial charge in [0.2, 0.25) is 0 Å². The molecule has 1 aliphatic rings. The van der Waals surface area contributed by atoms with Crippen molar-refractivity contribution in [1.82, 2.24) is 10.2 Å². The Morgan fingerprint density at radius 3 is 2.64 bits per heavy atom. The fourth-order valence-electron chi connectivity index (χ4n) is 1.96. The molecule has 0 amide bonds. The number of nitrogens with zero attached hydrogens (tertiary/aromatic N) is 1. The standard InChI is InChI=1S/C11H24N2O/c1-9(2)11(12-3)7-13(4)10-5-6-14-8-10/h9-12H,5-8H2,1-4H3. The molecule has 1 fully saturated rings. The molecule has 1 saturated heterocycles. The van der Waals surface area contributed by atoms with Crippen molar-refractivity contribution in [2.24, 2.45) is 5.92 Å². The predicted octanol–water partition coefficient (Wildman–Crippen LogP) is 0.951. The summed E-state index contributed by atoms with van der Waals surface area (Å²) in [7, 11) is 4.25. The van der Waals surface area contributed by atoms with Crippen LogP contribution in [0.15, 0.2) is 0 Å². The molecule has 14 heavy (non-hydrogen) atoms. The van der Waals surface area contributed by atoms with Gasteiger partial charge in [0.25, 0.3) is 0 Å². The van der Waals surface area contributed by atoms with Gasteiger partial charge in [-0.15, -0.1) is 0 Å². The highest BCUT2D eigenvalue weighted by Gasteiger charge is 2.23. The fraction of sp³-hybridized carbons (Fsp3) is 1.00. The van der Waals surface area contributed by atoms with Gasteiger partial charge in [-0.05, 0) is 26.4 Å². The van der Waals surface area contributed by atoms with E-state index in [9.17, 15) is 0 Å². The van der Waals surface area contributed by atoms with Crippen molar-refractivity contribution in [3.63, 3.8) is 0 Å². The topological polar surface area (TPSA) is 24.5 Å². The van der Waals surface area contributed by atoms with Crippen LogP contribution in [0.2, 0.25) is 0 Å². The molecule has 0 radical (unpaired) electrons. The highest BCUT2D eigenvalue weighted by molar-refractivity contribution is 4.78. The molecule has 3 nitrogen and oxygen atoms in total. The molecular formula is C11H24N2O. The van der Waals surface area contributed by atoms with E-state index in [-0.39, 0.29) is 0 Å². The predicted molar refractivity (Wildman–Crippen MR) is 59.5 cm³/mol. The Morgan fingerprint density at radius 1 is 1.50 bits per heavy atom. The first-order valence-corrected chi connectivity index (χ1v) is 5.60. The average Bonchev–Trinajstić information content (AvgIpc) is 2.65. The first kappa shape index (κ1) is 12.0. The van der Waals surface area contributed by atoms with Crippen molar-refractivity contribution in [3.8, 4) is 0 Å². The second-order valence-corrected chi connectivity index (χ2v) is 4.60. The third kappa shape index (κ3) is 3.23. The van der Waals surface area contributed by atoms with Gasteiger partial charge in [0.15, 0.2) is 0 Å². The number of likely N-dealkylation sites (N-methyl/N-ethyl adjacent to an activating group) is 2. The lowest BCUT2D eigenvalue weighted by atomic mass is 10.0. The fourth-order valence-corrected chi connectivity index (χ4v) is 1.96. The van der Waals surface area contributed by atoms with Crippen LogP contribution in [-0.2, 0) is 4.74 Å². The Balaban J connectivity index is 2.33. The minimum absolute atomic E-state index is 0.584. The third-order valence-corrected chi connectivity index (χ3v) is 3.19. The quantitative estimate of drug-likeness (QED) is 0.715. The Hall–Kier alpha value is -0.120. The minimum Gasteiger partial charge on any atom is -0.380 e. The van der Waals surface area contributed by atoms with Crippen LogP contribution < -0.4 is 5.32 Å². The van der Waals surface area contributed by atoms with E-state index >= 15 is 0 Å².